The van der Waals surface area contributed by atoms with Gasteiger partial charge in [0.1, 0.15) is 0 Å². The maximum absolute atomic E-state index is 11.4. The van der Waals surface area contributed by atoms with E-state index in [4.69, 9.17) is 5.73 Å². The smallest absolute Gasteiger partial charge is 0.319 e. The predicted octanol–water partition coefficient (Wildman–Crippen LogP) is 1.54. The zero-order chi connectivity index (χ0) is 13.5. The van der Waals surface area contributed by atoms with Crippen LogP contribution in [0.25, 0.3) is 0 Å². The van der Waals surface area contributed by atoms with Crippen molar-refractivity contribution >= 4 is 35.7 Å². The standard InChI is InChI=1S/C12H18N4O2.ClH/c1-3-14-12(18)16-10-6-4-5-9(7-10)15-11(17)8(2)13;/h4-8H,3,13H2,1-2H3,(H,15,17)(H2,14,16,18);1H/t8-;/m0./s1. The van der Waals surface area contributed by atoms with E-state index in [-0.39, 0.29) is 24.3 Å². The molecule has 1 aromatic rings. The summed E-state index contributed by atoms with van der Waals surface area (Å²) in [4.78, 5) is 22.7. The molecule has 0 radical (unpaired) electrons. The number of anilines is 2. The summed E-state index contributed by atoms with van der Waals surface area (Å²) in [6.07, 6.45) is 0. The molecule has 7 heteroatoms. The summed E-state index contributed by atoms with van der Waals surface area (Å²) in [6.45, 7) is 3.98. The second-order valence-corrected chi connectivity index (χ2v) is 3.84. The maximum atomic E-state index is 11.4. The van der Waals surface area contributed by atoms with Crippen LogP contribution in [0.1, 0.15) is 13.8 Å². The van der Waals surface area contributed by atoms with Gasteiger partial charge in [0.05, 0.1) is 6.04 Å². The molecule has 0 bridgehead atoms. The molecule has 0 aliphatic rings. The number of amides is 3. The highest BCUT2D eigenvalue weighted by atomic mass is 35.5. The summed E-state index contributed by atoms with van der Waals surface area (Å²) in [5, 5.41) is 7.92. The van der Waals surface area contributed by atoms with Gasteiger partial charge in [-0.25, -0.2) is 4.79 Å². The molecule has 0 unspecified atom stereocenters. The number of benzene rings is 1. The number of carbonyl (C=O) groups excluding carboxylic acids is 2. The Bertz CT molecular complexity index is 437. The molecule has 0 fully saturated rings. The van der Waals surface area contributed by atoms with Crippen LogP contribution >= 0.6 is 12.4 Å². The van der Waals surface area contributed by atoms with Gasteiger partial charge in [0.15, 0.2) is 0 Å². The number of carbonyl (C=O) groups is 2. The zero-order valence-electron chi connectivity index (χ0n) is 10.9. The number of rotatable bonds is 4. The summed E-state index contributed by atoms with van der Waals surface area (Å²) >= 11 is 0. The summed E-state index contributed by atoms with van der Waals surface area (Å²) in [7, 11) is 0. The number of nitrogens with two attached hydrogens (primary N) is 1. The van der Waals surface area contributed by atoms with Gasteiger partial charge < -0.3 is 21.7 Å². The van der Waals surface area contributed by atoms with Gasteiger partial charge in [0, 0.05) is 17.9 Å². The van der Waals surface area contributed by atoms with Crippen LogP contribution in [0.5, 0.6) is 0 Å². The van der Waals surface area contributed by atoms with Gasteiger partial charge in [-0.3, -0.25) is 4.79 Å². The van der Waals surface area contributed by atoms with Crippen molar-refractivity contribution in [3.8, 4) is 0 Å². The van der Waals surface area contributed by atoms with Gasteiger partial charge in [-0.1, -0.05) is 6.07 Å². The van der Waals surface area contributed by atoms with Crippen LogP contribution in [-0.4, -0.2) is 24.5 Å². The quantitative estimate of drug-likeness (QED) is 0.676. The van der Waals surface area contributed by atoms with Crippen LogP contribution in [-0.2, 0) is 4.79 Å². The van der Waals surface area contributed by atoms with Gasteiger partial charge in [-0.05, 0) is 32.0 Å². The highest BCUT2D eigenvalue weighted by Crippen LogP contribution is 2.15. The summed E-state index contributed by atoms with van der Waals surface area (Å²) in [5.41, 5.74) is 6.64. The Balaban J connectivity index is 0.00000324. The third-order valence-electron chi connectivity index (χ3n) is 2.14. The molecule has 5 N–H and O–H groups in total. The Hall–Kier alpha value is -1.79. The topological polar surface area (TPSA) is 96.2 Å². The highest BCUT2D eigenvalue weighted by Gasteiger charge is 2.08. The minimum atomic E-state index is -0.579. The monoisotopic (exact) mass is 286 g/mol. The molecule has 19 heavy (non-hydrogen) atoms. The van der Waals surface area contributed by atoms with Crippen molar-refractivity contribution < 1.29 is 9.59 Å². The maximum Gasteiger partial charge on any atom is 0.319 e. The summed E-state index contributed by atoms with van der Waals surface area (Å²) in [5.74, 6) is -0.273. The van der Waals surface area contributed by atoms with Crippen molar-refractivity contribution in [2.75, 3.05) is 17.2 Å². The molecule has 0 aliphatic heterocycles. The van der Waals surface area contributed by atoms with Crippen molar-refractivity contribution in [3.05, 3.63) is 24.3 Å². The van der Waals surface area contributed by atoms with Crippen molar-refractivity contribution in [2.45, 2.75) is 19.9 Å². The molecular weight excluding hydrogens is 268 g/mol. The number of hydrogen-bond donors (Lipinski definition) is 4. The van der Waals surface area contributed by atoms with Crippen LogP contribution in [0.2, 0.25) is 0 Å². The van der Waals surface area contributed by atoms with Crippen LogP contribution in [0.3, 0.4) is 0 Å². The highest BCUT2D eigenvalue weighted by molar-refractivity contribution is 5.95. The fourth-order valence-electron chi connectivity index (χ4n) is 1.27. The average Bonchev–Trinajstić information content (AvgIpc) is 2.29. The molecule has 6 nitrogen and oxygen atoms in total. The molecule has 1 atom stereocenters. The van der Waals surface area contributed by atoms with E-state index in [1.165, 1.54) is 0 Å². The molecule has 0 aliphatic carbocycles. The molecule has 1 rings (SSSR count). The van der Waals surface area contributed by atoms with Gasteiger partial charge >= 0.3 is 6.03 Å². The van der Waals surface area contributed by atoms with E-state index in [0.717, 1.165) is 0 Å². The Kier molecular flexibility index (Phi) is 7.55. The lowest BCUT2D eigenvalue weighted by molar-refractivity contribution is -0.117. The molecule has 0 saturated heterocycles. The van der Waals surface area contributed by atoms with Crippen molar-refractivity contribution in [1.29, 1.82) is 0 Å². The molecule has 3 amide bonds. The molecule has 0 saturated carbocycles. The molecule has 1 aromatic carbocycles. The Morgan fingerprint density at radius 2 is 1.84 bits per heavy atom. The van der Waals surface area contributed by atoms with Gasteiger partial charge in [-0.2, -0.15) is 0 Å². The third kappa shape index (κ3) is 6.08. The van der Waals surface area contributed by atoms with Crippen LogP contribution < -0.4 is 21.7 Å². The Labute approximate surface area is 118 Å². The molecule has 0 spiro atoms. The fraction of sp³-hybridized carbons (Fsp3) is 0.333. The Morgan fingerprint density at radius 3 is 2.37 bits per heavy atom. The molecular formula is C12H19ClN4O2. The largest absolute Gasteiger partial charge is 0.338 e. The van der Waals surface area contributed by atoms with E-state index in [9.17, 15) is 9.59 Å². The van der Waals surface area contributed by atoms with Crippen LogP contribution in [0.4, 0.5) is 16.2 Å². The Morgan fingerprint density at radius 1 is 1.26 bits per heavy atom. The van der Waals surface area contributed by atoms with E-state index < -0.39 is 6.04 Å². The van der Waals surface area contributed by atoms with Gasteiger partial charge in [0.2, 0.25) is 5.91 Å². The predicted molar refractivity (Wildman–Crippen MR) is 78.7 cm³/mol. The molecule has 0 heterocycles. The number of halogens is 1. The average molecular weight is 287 g/mol. The SMILES string of the molecule is CCNC(=O)Nc1cccc(NC(=O)[C@H](C)N)c1.Cl. The first-order valence-corrected chi connectivity index (χ1v) is 5.74. The first-order chi connectivity index (χ1) is 8.52. The van der Waals surface area contributed by atoms with Crippen molar-refractivity contribution in [3.63, 3.8) is 0 Å². The lowest BCUT2D eigenvalue weighted by Gasteiger charge is -2.10. The molecule has 0 aromatic heterocycles. The van der Waals surface area contributed by atoms with Gasteiger partial charge in [-0.15, -0.1) is 12.4 Å². The van der Waals surface area contributed by atoms with E-state index in [2.05, 4.69) is 16.0 Å². The number of hydrogen-bond acceptors (Lipinski definition) is 3. The lowest BCUT2D eigenvalue weighted by Crippen LogP contribution is -2.32. The van der Waals surface area contributed by atoms with Crippen molar-refractivity contribution in [1.82, 2.24) is 5.32 Å². The molecule has 106 valence electrons. The minimum Gasteiger partial charge on any atom is -0.338 e. The van der Waals surface area contributed by atoms with E-state index >= 15 is 0 Å². The van der Waals surface area contributed by atoms with E-state index in [1.54, 1.807) is 31.2 Å². The minimum absolute atomic E-state index is 0. The summed E-state index contributed by atoms with van der Waals surface area (Å²) in [6, 6.07) is 5.99. The normalized spacial score (nSPS) is 10.9. The summed E-state index contributed by atoms with van der Waals surface area (Å²) < 4.78 is 0. The van der Waals surface area contributed by atoms with Crippen molar-refractivity contribution in [2.24, 2.45) is 5.73 Å². The number of urea groups is 1. The first kappa shape index (κ1) is 17.2. The van der Waals surface area contributed by atoms with E-state index in [1.807, 2.05) is 6.92 Å². The fourth-order valence-corrected chi connectivity index (χ4v) is 1.27. The number of nitrogens with one attached hydrogen (secondary N) is 3. The second-order valence-electron chi connectivity index (χ2n) is 3.84. The second kappa shape index (κ2) is 8.34. The van der Waals surface area contributed by atoms with Gasteiger partial charge in [0.25, 0.3) is 0 Å². The van der Waals surface area contributed by atoms with Crippen LogP contribution in [0, 0.1) is 0 Å². The first-order valence-electron chi connectivity index (χ1n) is 5.74. The third-order valence-corrected chi connectivity index (χ3v) is 2.14. The van der Waals surface area contributed by atoms with Crippen LogP contribution in [0.15, 0.2) is 24.3 Å². The zero-order valence-corrected chi connectivity index (χ0v) is 11.7. The van der Waals surface area contributed by atoms with E-state index in [0.29, 0.717) is 17.9 Å². The lowest BCUT2D eigenvalue weighted by atomic mass is 10.2.